The fourth-order valence-corrected chi connectivity index (χ4v) is 3.34. The third-order valence-electron chi connectivity index (χ3n) is 5.28. The molecule has 0 N–H and O–H groups in total. The van der Waals surface area contributed by atoms with E-state index in [1.807, 2.05) is 6.07 Å². The second-order valence-corrected chi connectivity index (χ2v) is 8.18. The second-order valence-electron chi connectivity index (χ2n) is 8.18. The van der Waals surface area contributed by atoms with Gasteiger partial charge < -0.3 is 14.2 Å². The van der Waals surface area contributed by atoms with Crippen molar-refractivity contribution in [3.8, 4) is 0 Å². The van der Waals surface area contributed by atoms with Gasteiger partial charge in [0.15, 0.2) is 6.29 Å². The quantitative estimate of drug-likeness (QED) is 0.164. The van der Waals surface area contributed by atoms with E-state index in [-0.39, 0.29) is 6.29 Å². The topological polar surface area (TPSA) is 27.7 Å². The van der Waals surface area contributed by atoms with Crippen LogP contribution in [-0.4, -0.2) is 25.6 Å². The second kappa shape index (κ2) is 19.1. The predicted octanol–water partition coefficient (Wildman–Crippen LogP) is 7.67. The molecule has 0 radical (unpaired) electrons. The summed E-state index contributed by atoms with van der Waals surface area (Å²) < 4.78 is 18.0. The van der Waals surface area contributed by atoms with Crippen LogP contribution in [0.25, 0.3) is 0 Å². The molecule has 0 saturated heterocycles. The Labute approximate surface area is 180 Å². The SMILES string of the molecule is CCCCCOC(CCCCCCC(C)OCc1ccccc1)OCCCCC. The molecule has 1 aromatic rings. The molecule has 29 heavy (non-hydrogen) atoms. The highest BCUT2D eigenvalue weighted by atomic mass is 16.7. The first kappa shape index (κ1) is 26.1. The molecule has 0 bridgehead atoms. The van der Waals surface area contributed by atoms with Crippen molar-refractivity contribution in [2.24, 2.45) is 0 Å². The van der Waals surface area contributed by atoms with Gasteiger partial charge in [0.2, 0.25) is 0 Å². The summed E-state index contributed by atoms with van der Waals surface area (Å²) in [6, 6.07) is 10.4. The predicted molar refractivity (Wildman–Crippen MR) is 123 cm³/mol. The van der Waals surface area contributed by atoms with Crippen LogP contribution in [0.3, 0.4) is 0 Å². The lowest BCUT2D eigenvalue weighted by molar-refractivity contribution is -0.148. The van der Waals surface area contributed by atoms with Crippen molar-refractivity contribution >= 4 is 0 Å². The smallest absolute Gasteiger partial charge is 0.157 e. The minimum Gasteiger partial charge on any atom is -0.374 e. The monoisotopic (exact) mass is 406 g/mol. The number of benzene rings is 1. The van der Waals surface area contributed by atoms with E-state index < -0.39 is 0 Å². The van der Waals surface area contributed by atoms with E-state index in [0.717, 1.165) is 38.9 Å². The van der Waals surface area contributed by atoms with E-state index in [4.69, 9.17) is 14.2 Å². The van der Waals surface area contributed by atoms with E-state index in [1.54, 1.807) is 0 Å². The van der Waals surface area contributed by atoms with Gasteiger partial charge in [-0.15, -0.1) is 0 Å². The van der Waals surface area contributed by atoms with Crippen molar-refractivity contribution < 1.29 is 14.2 Å². The van der Waals surface area contributed by atoms with Gasteiger partial charge in [0, 0.05) is 13.2 Å². The molecule has 0 amide bonds. The molecule has 0 aliphatic carbocycles. The minimum atomic E-state index is -0.00292. The van der Waals surface area contributed by atoms with Crippen LogP contribution in [-0.2, 0) is 20.8 Å². The molecular formula is C26H46O3. The van der Waals surface area contributed by atoms with Crippen molar-refractivity contribution in [3.63, 3.8) is 0 Å². The average molecular weight is 407 g/mol. The lowest BCUT2D eigenvalue weighted by atomic mass is 10.1. The van der Waals surface area contributed by atoms with Crippen LogP contribution >= 0.6 is 0 Å². The zero-order valence-electron chi connectivity index (χ0n) is 19.4. The molecule has 0 aromatic heterocycles. The zero-order valence-corrected chi connectivity index (χ0v) is 19.4. The fourth-order valence-electron chi connectivity index (χ4n) is 3.34. The van der Waals surface area contributed by atoms with Gasteiger partial charge in [0.05, 0.1) is 12.7 Å². The summed E-state index contributed by atoms with van der Waals surface area (Å²) in [4.78, 5) is 0. The Morgan fingerprint density at radius 3 is 1.83 bits per heavy atom. The highest BCUT2D eigenvalue weighted by Gasteiger charge is 2.09. The van der Waals surface area contributed by atoms with Crippen LogP contribution < -0.4 is 0 Å². The lowest BCUT2D eigenvalue weighted by Gasteiger charge is -2.19. The maximum Gasteiger partial charge on any atom is 0.157 e. The highest BCUT2D eigenvalue weighted by Crippen LogP contribution is 2.14. The standard InChI is InChI=1S/C26H46O3/c1-4-6-15-21-27-26(28-22-16-7-5-2)20-14-9-8-11-17-24(3)29-23-25-18-12-10-13-19-25/h10,12-13,18-19,24,26H,4-9,11,14-17,20-23H2,1-3H3. The van der Waals surface area contributed by atoms with E-state index in [1.165, 1.54) is 56.9 Å². The first-order valence-electron chi connectivity index (χ1n) is 12.1. The van der Waals surface area contributed by atoms with Crippen LogP contribution in [0.15, 0.2) is 30.3 Å². The van der Waals surface area contributed by atoms with Gasteiger partial charge in [0.1, 0.15) is 0 Å². The summed E-state index contributed by atoms with van der Waals surface area (Å²) in [6.07, 6.45) is 14.7. The van der Waals surface area contributed by atoms with Crippen LogP contribution in [0.5, 0.6) is 0 Å². The Morgan fingerprint density at radius 2 is 1.24 bits per heavy atom. The molecule has 1 aromatic carbocycles. The van der Waals surface area contributed by atoms with Gasteiger partial charge in [-0.1, -0.05) is 89.1 Å². The molecule has 168 valence electrons. The molecule has 0 aliphatic heterocycles. The zero-order chi connectivity index (χ0) is 21.0. The van der Waals surface area contributed by atoms with Crippen LogP contribution in [0.2, 0.25) is 0 Å². The molecule has 0 saturated carbocycles. The van der Waals surface area contributed by atoms with Crippen LogP contribution in [0.4, 0.5) is 0 Å². The Hall–Kier alpha value is -0.900. The Morgan fingerprint density at radius 1 is 0.655 bits per heavy atom. The highest BCUT2D eigenvalue weighted by molar-refractivity contribution is 5.13. The molecule has 0 heterocycles. The number of ether oxygens (including phenoxy) is 3. The third-order valence-corrected chi connectivity index (χ3v) is 5.28. The van der Waals surface area contributed by atoms with Crippen LogP contribution in [0, 0.1) is 0 Å². The lowest BCUT2D eigenvalue weighted by Crippen LogP contribution is -2.19. The number of rotatable bonds is 20. The Bertz CT molecular complexity index is 437. The molecule has 1 unspecified atom stereocenters. The molecule has 3 heteroatoms. The van der Waals surface area contributed by atoms with E-state index in [9.17, 15) is 0 Å². The maximum atomic E-state index is 6.00. The first-order chi connectivity index (χ1) is 14.3. The molecule has 0 spiro atoms. The number of hydrogen-bond acceptors (Lipinski definition) is 3. The number of unbranched alkanes of at least 4 members (excludes halogenated alkanes) is 7. The molecule has 0 aliphatic rings. The molecule has 3 nitrogen and oxygen atoms in total. The van der Waals surface area contributed by atoms with Crippen molar-refractivity contribution in [1.29, 1.82) is 0 Å². The van der Waals surface area contributed by atoms with Gasteiger partial charge in [0.25, 0.3) is 0 Å². The minimum absolute atomic E-state index is 0.00292. The average Bonchev–Trinajstić information content (AvgIpc) is 2.75. The summed E-state index contributed by atoms with van der Waals surface area (Å²) in [5, 5.41) is 0. The van der Waals surface area contributed by atoms with Crippen molar-refractivity contribution in [2.75, 3.05) is 13.2 Å². The largest absolute Gasteiger partial charge is 0.374 e. The normalized spacial score (nSPS) is 12.6. The van der Waals surface area contributed by atoms with Crippen molar-refractivity contribution in [1.82, 2.24) is 0 Å². The molecular weight excluding hydrogens is 360 g/mol. The molecule has 0 fully saturated rings. The third kappa shape index (κ3) is 15.6. The summed E-state index contributed by atoms with van der Waals surface area (Å²) in [5.41, 5.74) is 1.25. The summed E-state index contributed by atoms with van der Waals surface area (Å²) in [7, 11) is 0. The maximum absolute atomic E-state index is 6.00. The van der Waals surface area contributed by atoms with Gasteiger partial charge >= 0.3 is 0 Å². The first-order valence-corrected chi connectivity index (χ1v) is 12.1. The Kier molecular flexibility index (Phi) is 17.2. The summed E-state index contributed by atoms with van der Waals surface area (Å²) in [5.74, 6) is 0. The molecule has 1 rings (SSSR count). The fraction of sp³-hybridized carbons (Fsp3) is 0.769. The summed E-state index contributed by atoms with van der Waals surface area (Å²) >= 11 is 0. The molecule has 1 atom stereocenters. The van der Waals surface area contributed by atoms with Gasteiger partial charge in [-0.25, -0.2) is 0 Å². The number of hydrogen-bond donors (Lipinski definition) is 0. The van der Waals surface area contributed by atoms with E-state index in [2.05, 4.69) is 45.0 Å². The van der Waals surface area contributed by atoms with E-state index in [0.29, 0.717) is 12.7 Å². The van der Waals surface area contributed by atoms with E-state index >= 15 is 0 Å². The van der Waals surface area contributed by atoms with Gasteiger partial charge in [-0.2, -0.15) is 0 Å². The Balaban J connectivity index is 2.07. The van der Waals surface area contributed by atoms with Crippen molar-refractivity contribution in [2.45, 2.75) is 117 Å². The summed E-state index contributed by atoms with van der Waals surface area (Å²) in [6.45, 7) is 9.03. The van der Waals surface area contributed by atoms with Gasteiger partial charge in [-0.3, -0.25) is 0 Å². The van der Waals surface area contributed by atoms with Crippen molar-refractivity contribution in [3.05, 3.63) is 35.9 Å². The van der Waals surface area contributed by atoms with Gasteiger partial charge in [-0.05, 0) is 44.6 Å². The van der Waals surface area contributed by atoms with Crippen LogP contribution in [0.1, 0.15) is 103 Å².